The number of amides is 1. The summed E-state index contributed by atoms with van der Waals surface area (Å²) in [5.74, 6) is 1.64. The van der Waals surface area contributed by atoms with Crippen LogP contribution in [-0.2, 0) is 11.2 Å². The van der Waals surface area contributed by atoms with Crippen LogP contribution in [0.4, 0.5) is 5.69 Å². The minimum atomic E-state index is -0.0191. The zero-order valence-electron chi connectivity index (χ0n) is 12.6. The quantitative estimate of drug-likeness (QED) is 0.871. The first-order valence-corrected chi connectivity index (χ1v) is 7.88. The molecule has 0 unspecified atom stereocenters. The van der Waals surface area contributed by atoms with E-state index < -0.39 is 0 Å². The number of rotatable bonds is 6. The van der Waals surface area contributed by atoms with E-state index >= 15 is 0 Å². The summed E-state index contributed by atoms with van der Waals surface area (Å²) in [5, 5.41) is 2.91. The van der Waals surface area contributed by atoms with E-state index in [4.69, 9.17) is 9.15 Å². The molecule has 1 aliphatic rings. The second-order valence-corrected chi connectivity index (χ2v) is 5.68. The Bertz CT molecular complexity index is 601. The monoisotopic (exact) mass is 299 g/mol. The van der Waals surface area contributed by atoms with Crippen molar-refractivity contribution in [1.29, 1.82) is 0 Å². The van der Waals surface area contributed by atoms with Gasteiger partial charge in [-0.2, -0.15) is 0 Å². The zero-order valence-corrected chi connectivity index (χ0v) is 12.6. The second-order valence-electron chi connectivity index (χ2n) is 5.68. The molecule has 1 aromatic heterocycles. The highest BCUT2D eigenvalue weighted by Crippen LogP contribution is 2.25. The third-order valence-electron chi connectivity index (χ3n) is 3.90. The number of anilines is 1. The summed E-state index contributed by atoms with van der Waals surface area (Å²) in [6.07, 6.45) is 7.70. The van der Waals surface area contributed by atoms with Crippen LogP contribution >= 0.6 is 0 Å². The lowest BCUT2D eigenvalue weighted by Gasteiger charge is -2.14. The SMILES string of the molecule is O=C(CCc1ccco1)Nc1cccc(OC2CCCC2)c1. The van der Waals surface area contributed by atoms with E-state index in [-0.39, 0.29) is 5.91 Å². The van der Waals surface area contributed by atoms with Crippen LogP contribution in [0.1, 0.15) is 37.9 Å². The number of furan rings is 1. The number of ether oxygens (including phenoxy) is 1. The molecule has 1 aromatic carbocycles. The molecule has 3 rings (SSSR count). The Kier molecular flexibility index (Phi) is 4.78. The molecule has 0 aliphatic heterocycles. The van der Waals surface area contributed by atoms with Gasteiger partial charge in [0.05, 0.1) is 12.4 Å². The summed E-state index contributed by atoms with van der Waals surface area (Å²) in [5.41, 5.74) is 0.778. The molecule has 4 heteroatoms. The lowest BCUT2D eigenvalue weighted by molar-refractivity contribution is -0.116. The number of aryl methyl sites for hydroxylation is 1. The summed E-state index contributed by atoms with van der Waals surface area (Å²) in [4.78, 5) is 12.0. The highest BCUT2D eigenvalue weighted by atomic mass is 16.5. The van der Waals surface area contributed by atoms with Crippen LogP contribution < -0.4 is 10.1 Å². The van der Waals surface area contributed by atoms with Crippen molar-refractivity contribution in [1.82, 2.24) is 0 Å². The third kappa shape index (κ3) is 4.13. The average Bonchev–Trinajstić information content (AvgIpc) is 3.19. The van der Waals surface area contributed by atoms with Crippen molar-refractivity contribution in [2.75, 3.05) is 5.32 Å². The summed E-state index contributed by atoms with van der Waals surface area (Å²) in [6, 6.07) is 11.3. The third-order valence-corrected chi connectivity index (χ3v) is 3.90. The Balaban J connectivity index is 1.51. The smallest absolute Gasteiger partial charge is 0.224 e. The molecule has 1 heterocycles. The van der Waals surface area contributed by atoms with Gasteiger partial charge in [0.15, 0.2) is 0 Å². The lowest BCUT2D eigenvalue weighted by atomic mass is 10.2. The Labute approximate surface area is 130 Å². The molecular formula is C18H21NO3. The van der Waals surface area contributed by atoms with Gasteiger partial charge in [-0.05, 0) is 49.9 Å². The summed E-state index contributed by atoms with van der Waals surface area (Å²) >= 11 is 0. The van der Waals surface area contributed by atoms with E-state index in [1.165, 1.54) is 12.8 Å². The van der Waals surface area contributed by atoms with Gasteiger partial charge in [0, 0.05) is 24.6 Å². The zero-order chi connectivity index (χ0) is 15.2. The van der Waals surface area contributed by atoms with E-state index in [9.17, 15) is 4.79 Å². The van der Waals surface area contributed by atoms with Crippen LogP contribution in [0.5, 0.6) is 5.75 Å². The second kappa shape index (κ2) is 7.16. The van der Waals surface area contributed by atoms with Crippen LogP contribution in [0.25, 0.3) is 0 Å². The summed E-state index contributed by atoms with van der Waals surface area (Å²) < 4.78 is 11.2. The highest BCUT2D eigenvalue weighted by molar-refractivity contribution is 5.90. The molecular weight excluding hydrogens is 278 g/mol. The molecule has 4 nitrogen and oxygen atoms in total. The molecule has 0 atom stereocenters. The molecule has 0 saturated heterocycles. The van der Waals surface area contributed by atoms with E-state index in [0.29, 0.717) is 18.9 Å². The number of nitrogens with one attached hydrogen (secondary N) is 1. The van der Waals surface area contributed by atoms with E-state index in [1.54, 1.807) is 6.26 Å². The standard InChI is InChI=1S/C18H21NO3/c20-18(11-10-15-9-4-12-21-15)19-14-5-3-8-17(13-14)22-16-6-1-2-7-16/h3-5,8-9,12-13,16H,1-2,6-7,10-11H2,(H,19,20). The molecule has 1 fully saturated rings. The van der Waals surface area contributed by atoms with Crippen LogP contribution in [0, 0.1) is 0 Å². The number of hydrogen-bond donors (Lipinski definition) is 1. The van der Waals surface area contributed by atoms with Crippen molar-refractivity contribution in [3.63, 3.8) is 0 Å². The molecule has 116 valence electrons. The van der Waals surface area contributed by atoms with Gasteiger partial charge in [0.2, 0.25) is 5.91 Å². The molecule has 1 saturated carbocycles. The molecule has 0 bridgehead atoms. The average molecular weight is 299 g/mol. The maximum atomic E-state index is 12.0. The van der Waals surface area contributed by atoms with Gasteiger partial charge in [-0.3, -0.25) is 4.79 Å². The molecule has 0 radical (unpaired) electrons. The van der Waals surface area contributed by atoms with Crippen LogP contribution in [0.15, 0.2) is 47.1 Å². The normalized spacial score (nSPS) is 14.9. The summed E-state index contributed by atoms with van der Waals surface area (Å²) in [7, 11) is 0. The first-order valence-electron chi connectivity index (χ1n) is 7.88. The Hall–Kier alpha value is -2.23. The van der Waals surface area contributed by atoms with Crippen molar-refractivity contribution in [2.24, 2.45) is 0 Å². The van der Waals surface area contributed by atoms with E-state index in [0.717, 1.165) is 30.0 Å². The Morgan fingerprint density at radius 1 is 1.23 bits per heavy atom. The fraction of sp³-hybridized carbons (Fsp3) is 0.389. The van der Waals surface area contributed by atoms with Crippen LogP contribution in [0.2, 0.25) is 0 Å². The van der Waals surface area contributed by atoms with E-state index in [2.05, 4.69) is 5.32 Å². The first-order chi connectivity index (χ1) is 10.8. The fourth-order valence-corrected chi connectivity index (χ4v) is 2.76. The van der Waals surface area contributed by atoms with Crippen molar-refractivity contribution in [3.05, 3.63) is 48.4 Å². The van der Waals surface area contributed by atoms with Gasteiger partial charge in [0.1, 0.15) is 11.5 Å². The molecule has 2 aromatic rings. The Morgan fingerprint density at radius 3 is 2.86 bits per heavy atom. The summed E-state index contributed by atoms with van der Waals surface area (Å²) in [6.45, 7) is 0. The molecule has 1 N–H and O–H groups in total. The van der Waals surface area contributed by atoms with Crippen LogP contribution in [-0.4, -0.2) is 12.0 Å². The predicted octanol–water partition coefficient (Wildman–Crippen LogP) is 4.17. The minimum absolute atomic E-state index is 0.0191. The Morgan fingerprint density at radius 2 is 2.09 bits per heavy atom. The number of carbonyl (C=O) groups excluding carboxylic acids is 1. The van der Waals surface area contributed by atoms with Crippen molar-refractivity contribution >= 4 is 11.6 Å². The van der Waals surface area contributed by atoms with Gasteiger partial charge in [-0.1, -0.05) is 6.07 Å². The first kappa shape index (κ1) is 14.7. The molecule has 0 spiro atoms. The van der Waals surface area contributed by atoms with Gasteiger partial charge in [-0.15, -0.1) is 0 Å². The van der Waals surface area contributed by atoms with E-state index in [1.807, 2.05) is 36.4 Å². The number of carbonyl (C=O) groups is 1. The maximum absolute atomic E-state index is 12.0. The molecule has 1 aliphatic carbocycles. The molecule has 1 amide bonds. The fourth-order valence-electron chi connectivity index (χ4n) is 2.76. The largest absolute Gasteiger partial charge is 0.490 e. The number of benzene rings is 1. The van der Waals surface area contributed by atoms with Crippen LogP contribution in [0.3, 0.4) is 0 Å². The lowest BCUT2D eigenvalue weighted by Crippen LogP contribution is -2.13. The van der Waals surface area contributed by atoms with Crippen molar-refractivity contribution in [2.45, 2.75) is 44.6 Å². The number of hydrogen-bond acceptors (Lipinski definition) is 3. The predicted molar refractivity (Wildman–Crippen MR) is 85.0 cm³/mol. The van der Waals surface area contributed by atoms with Gasteiger partial charge in [-0.25, -0.2) is 0 Å². The topological polar surface area (TPSA) is 51.5 Å². The minimum Gasteiger partial charge on any atom is -0.490 e. The van der Waals surface area contributed by atoms with Gasteiger partial charge in [0.25, 0.3) is 0 Å². The van der Waals surface area contributed by atoms with Crippen molar-refractivity contribution in [3.8, 4) is 5.75 Å². The van der Waals surface area contributed by atoms with Gasteiger partial charge < -0.3 is 14.5 Å². The molecule has 22 heavy (non-hydrogen) atoms. The van der Waals surface area contributed by atoms with Gasteiger partial charge >= 0.3 is 0 Å². The maximum Gasteiger partial charge on any atom is 0.224 e. The van der Waals surface area contributed by atoms with Crippen molar-refractivity contribution < 1.29 is 13.9 Å². The highest BCUT2D eigenvalue weighted by Gasteiger charge is 2.16.